The fourth-order valence-corrected chi connectivity index (χ4v) is 6.69. The molecule has 2 atom stereocenters. The highest BCUT2D eigenvalue weighted by Gasteiger charge is 2.40. The molecule has 3 aromatic rings. The number of hydrogen-bond acceptors (Lipinski definition) is 8. The van der Waals surface area contributed by atoms with E-state index < -0.39 is 0 Å². The van der Waals surface area contributed by atoms with Crippen LogP contribution >= 0.6 is 11.8 Å². The summed E-state index contributed by atoms with van der Waals surface area (Å²) in [7, 11) is 3.77. The van der Waals surface area contributed by atoms with E-state index in [0.717, 1.165) is 67.3 Å². The molecule has 3 aliphatic heterocycles. The van der Waals surface area contributed by atoms with Crippen LogP contribution in [0.1, 0.15) is 18.4 Å². The fraction of sp³-hybridized carbons (Fsp3) is 0.481. The molecule has 0 aliphatic carbocycles. The molecule has 37 heavy (non-hydrogen) atoms. The second-order valence-electron chi connectivity index (χ2n) is 9.99. The minimum atomic E-state index is -0.179. The third kappa shape index (κ3) is 5.10. The Bertz CT molecular complexity index is 1250. The van der Waals surface area contributed by atoms with E-state index in [-0.39, 0.29) is 24.0 Å². The number of benzene rings is 2. The number of nitrogens with zero attached hydrogens (tertiary/aromatic N) is 4. The summed E-state index contributed by atoms with van der Waals surface area (Å²) in [4.78, 5) is 28.8. The predicted molar refractivity (Wildman–Crippen MR) is 142 cm³/mol. The minimum Gasteiger partial charge on any atom is -0.493 e. The molecule has 3 aliphatic rings. The van der Waals surface area contributed by atoms with E-state index in [1.165, 1.54) is 0 Å². The van der Waals surface area contributed by atoms with E-state index in [2.05, 4.69) is 26.7 Å². The molecule has 2 aromatic carbocycles. The molecule has 0 spiro atoms. The van der Waals surface area contributed by atoms with Crippen molar-refractivity contribution < 1.29 is 19.0 Å². The number of fused-ring (bicyclic) bond motifs is 2. The van der Waals surface area contributed by atoms with Crippen molar-refractivity contribution in [3.63, 3.8) is 0 Å². The van der Waals surface area contributed by atoms with Gasteiger partial charge in [0.2, 0.25) is 18.4 Å². The molecule has 1 amide bonds. The standard InChI is InChI=1S/C27H33N5O4S/c1-30-8-5-9-31(11-10-30)26(33)22-14-19(37-27-28-20-6-3-4-7-21(20)29-27)16-32(22)15-18-12-23(34-2)25-24(13-18)35-17-36-25/h3-4,6-7,12-13,19,22H,5,8-11,14-17H2,1-2H3,(H,28,29)/t19-,22+/m1/s1. The van der Waals surface area contributed by atoms with Gasteiger partial charge in [-0.15, -0.1) is 0 Å². The highest BCUT2D eigenvalue weighted by Crippen LogP contribution is 2.43. The number of hydrogen-bond donors (Lipinski definition) is 1. The Hall–Kier alpha value is -2.95. The van der Waals surface area contributed by atoms with Gasteiger partial charge in [0, 0.05) is 38.0 Å². The van der Waals surface area contributed by atoms with Crippen LogP contribution in [0.5, 0.6) is 17.2 Å². The van der Waals surface area contributed by atoms with Crippen LogP contribution in [0.25, 0.3) is 11.0 Å². The summed E-state index contributed by atoms with van der Waals surface area (Å²) in [5.41, 5.74) is 3.05. The number of aromatic nitrogens is 2. The van der Waals surface area contributed by atoms with Gasteiger partial charge in [-0.2, -0.15) is 0 Å². The first-order valence-electron chi connectivity index (χ1n) is 12.9. The van der Waals surface area contributed by atoms with E-state index in [0.29, 0.717) is 23.8 Å². The molecule has 0 saturated carbocycles. The smallest absolute Gasteiger partial charge is 0.240 e. The number of amides is 1. The first-order chi connectivity index (χ1) is 18.1. The first-order valence-corrected chi connectivity index (χ1v) is 13.7. The number of carbonyl (C=O) groups is 1. The molecule has 2 fully saturated rings. The Balaban J connectivity index is 1.24. The van der Waals surface area contributed by atoms with Gasteiger partial charge in [0.1, 0.15) is 0 Å². The van der Waals surface area contributed by atoms with Gasteiger partial charge in [-0.05, 0) is 56.3 Å². The zero-order valence-electron chi connectivity index (χ0n) is 21.3. The average Bonchev–Trinajstić information content (AvgIpc) is 3.59. The van der Waals surface area contributed by atoms with E-state index in [1.807, 2.05) is 36.4 Å². The average molecular weight is 524 g/mol. The summed E-state index contributed by atoms with van der Waals surface area (Å²) in [6, 6.07) is 11.9. The number of H-pyrrole nitrogens is 1. The molecular formula is C27H33N5O4S. The van der Waals surface area contributed by atoms with Gasteiger partial charge < -0.3 is 29.0 Å². The maximum atomic E-state index is 13.9. The molecule has 1 N–H and O–H groups in total. The summed E-state index contributed by atoms with van der Waals surface area (Å²) >= 11 is 1.73. The van der Waals surface area contributed by atoms with E-state index in [4.69, 9.17) is 19.2 Å². The van der Waals surface area contributed by atoms with Crippen LogP contribution in [0.2, 0.25) is 0 Å². The minimum absolute atomic E-state index is 0.179. The molecule has 0 radical (unpaired) electrons. The summed E-state index contributed by atoms with van der Waals surface area (Å²) in [5, 5.41) is 1.15. The number of imidazole rings is 1. The zero-order chi connectivity index (χ0) is 25.4. The van der Waals surface area contributed by atoms with Crippen molar-refractivity contribution in [3.8, 4) is 17.2 Å². The van der Waals surface area contributed by atoms with E-state index in [9.17, 15) is 4.79 Å². The Morgan fingerprint density at radius 1 is 1.19 bits per heavy atom. The van der Waals surface area contributed by atoms with Crippen LogP contribution in [-0.4, -0.2) is 95.5 Å². The monoisotopic (exact) mass is 523 g/mol. The lowest BCUT2D eigenvalue weighted by Gasteiger charge is -2.29. The molecule has 0 unspecified atom stereocenters. The number of methoxy groups -OCH3 is 1. The van der Waals surface area contributed by atoms with Crippen molar-refractivity contribution in [1.29, 1.82) is 0 Å². The summed E-state index contributed by atoms with van der Waals surface area (Å²) < 4.78 is 16.8. The highest BCUT2D eigenvalue weighted by molar-refractivity contribution is 7.99. The molecule has 0 bridgehead atoms. The first kappa shape index (κ1) is 24.4. The SMILES string of the molecule is COc1cc(CN2C[C@H](Sc3nc4ccccc4[nH]3)C[C@H]2C(=O)N2CCCN(C)CC2)cc2c1OCO2. The Morgan fingerprint density at radius 2 is 2.08 bits per heavy atom. The van der Waals surface area contributed by atoms with Gasteiger partial charge >= 0.3 is 0 Å². The molecule has 10 heteroatoms. The number of ether oxygens (including phenoxy) is 3. The lowest BCUT2D eigenvalue weighted by molar-refractivity contribution is -0.136. The Kier molecular flexibility index (Phi) is 6.88. The van der Waals surface area contributed by atoms with Gasteiger partial charge in [-0.1, -0.05) is 23.9 Å². The number of aromatic amines is 1. The summed E-state index contributed by atoms with van der Waals surface area (Å²) in [5.74, 6) is 2.24. The van der Waals surface area contributed by atoms with Crippen molar-refractivity contribution in [3.05, 3.63) is 42.0 Å². The maximum Gasteiger partial charge on any atom is 0.240 e. The van der Waals surface area contributed by atoms with Gasteiger partial charge in [0.05, 0.1) is 24.2 Å². The number of likely N-dealkylation sites (tertiary alicyclic amines) is 1. The largest absolute Gasteiger partial charge is 0.493 e. The Labute approximate surface area is 221 Å². The van der Waals surface area contributed by atoms with Gasteiger partial charge in [0.25, 0.3) is 0 Å². The number of thioether (sulfide) groups is 1. The van der Waals surface area contributed by atoms with Crippen LogP contribution in [-0.2, 0) is 11.3 Å². The number of nitrogens with one attached hydrogen (secondary N) is 1. The van der Waals surface area contributed by atoms with Gasteiger partial charge in [0.15, 0.2) is 16.7 Å². The predicted octanol–water partition coefficient (Wildman–Crippen LogP) is 3.20. The van der Waals surface area contributed by atoms with Crippen LogP contribution in [0.4, 0.5) is 0 Å². The van der Waals surface area contributed by atoms with Crippen molar-refractivity contribution in [1.82, 2.24) is 24.7 Å². The highest BCUT2D eigenvalue weighted by atomic mass is 32.2. The molecule has 9 nitrogen and oxygen atoms in total. The van der Waals surface area contributed by atoms with Crippen molar-refractivity contribution in [2.75, 3.05) is 53.7 Å². The van der Waals surface area contributed by atoms with Crippen LogP contribution in [0.15, 0.2) is 41.6 Å². The molecule has 2 saturated heterocycles. The lowest BCUT2D eigenvalue weighted by Crippen LogP contribution is -2.46. The van der Waals surface area contributed by atoms with Crippen molar-refractivity contribution in [2.45, 2.75) is 35.8 Å². The summed E-state index contributed by atoms with van der Waals surface area (Å²) in [6.45, 7) is 5.15. The van der Waals surface area contributed by atoms with Gasteiger partial charge in [-0.25, -0.2) is 4.98 Å². The van der Waals surface area contributed by atoms with Crippen molar-refractivity contribution in [2.24, 2.45) is 0 Å². The molecule has 196 valence electrons. The number of rotatable bonds is 6. The van der Waals surface area contributed by atoms with Gasteiger partial charge in [-0.3, -0.25) is 9.69 Å². The normalized spacial score (nSPS) is 22.5. The third-order valence-corrected chi connectivity index (χ3v) is 8.52. The topological polar surface area (TPSA) is 83.2 Å². The zero-order valence-corrected chi connectivity index (χ0v) is 22.1. The number of likely N-dealkylation sites (N-methyl/N-ethyl adjacent to an activating group) is 1. The van der Waals surface area contributed by atoms with Crippen LogP contribution in [0.3, 0.4) is 0 Å². The van der Waals surface area contributed by atoms with E-state index >= 15 is 0 Å². The van der Waals surface area contributed by atoms with Crippen LogP contribution in [0, 0.1) is 0 Å². The second-order valence-corrected chi connectivity index (χ2v) is 11.3. The molecule has 1 aromatic heterocycles. The van der Waals surface area contributed by atoms with E-state index in [1.54, 1.807) is 18.9 Å². The lowest BCUT2D eigenvalue weighted by atomic mass is 10.1. The molecule has 6 rings (SSSR count). The maximum absolute atomic E-state index is 13.9. The Morgan fingerprint density at radius 3 is 2.95 bits per heavy atom. The third-order valence-electron chi connectivity index (χ3n) is 7.43. The van der Waals surface area contributed by atoms with Crippen LogP contribution < -0.4 is 14.2 Å². The quantitative estimate of drug-likeness (QED) is 0.528. The van der Waals surface area contributed by atoms with Crippen molar-refractivity contribution >= 4 is 28.7 Å². The number of carbonyl (C=O) groups excluding carboxylic acids is 1. The molecular weight excluding hydrogens is 490 g/mol. The molecule has 4 heterocycles. The number of para-hydroxylation sites is 2. The fourth-order valence-electron chi connectivity index (χ4n) is 5.51. The summed E-state index contributed by atoms with van der Waals surface area (Å²) in [6.07, 6.45) is 1.79. The second kappa shape index (κ2) is 10.4.